The van der Waals surface area contributed by atoms with Gasteiger partial charge in [0.1, 0.15) is 0 Å². The van der Waals surface area contributed by atoms with Gasteiger partial charge in [0.2, 0.25) is 10.5 Å². The summed E-state index contributed by atoms with van der Waals surface area (Å²) in [7, 11) is 0.660. The van der Waals surface area contributed by atoms with Crippen LogP contribution in [-0.2, 0) is 4.53 Å². The van der Waals surface area contributed by atoms with E-state index in [0.29, 0.717) is 10.5 Å². The predicted octanol–water partition coefficient (Wildman–Crippen LogP) is -1.10. The monoisotopic (exact) mass is 75.0 g/mol. The van der Waals surface area contributed by atoms with Gasteiger partial charge in [0.15, 0.2) is 0 Å². The first kappa shape index (κ1) is 3.69. The summed E-state index contributed by atoms with van der Waals surface area (Å²) >= 11 is 0. The average molecular weight is 75.1 g/mol. The third-order valence-electron chi connectivity index (χ3n) is 0.129. The Bertz CT molecular complexity index is 22.0. The van der Waals surface area contributed by atoms with E-state index in [2.05, 4.69) is 16.4 Å². The Morgan fingerprint density at radius 1 is 2.00 bits per heavy atom. The molecular weight excluding hydrogens is 70.1 g/mol. The molecule has 0 aromatic rings. The molecule has 0 aromatic carbocycles. The fraction of sp³-hybridized carbons (Fsp3) is 0. The van der Waals surface area contributed by atoms with E-state index in [-0.39, 0.29) is 0 Å². The van der Waals surface area contributed by atoms with Crippen LogP contribution >= 0.6 is 0 Å². The van der Waals surface area contributed by atoms with E-state index in [1.54, 1.807) is 0 Å². The minimum Gasteiger partial charge on any atom is -0.467 e. The summed E-state index contributed by atoms with van der Waals surface area (Å²) in [5.41, 5.74) is 0. The molecule has 0 aromatic heterocycles. The smallest absolute Gasteiger partial charge is 0.242 e. The second-order valence-corrected chi connectivity index (χ2v) is 0.677. The van der Waals surface area contributed by atoms with Gasteiger partial charge in [-0.15, -0.1) is 5.16 Å². The second-order valence-electron chi connectivity index (χ2n) is 0.312. The Morgan fingerprint density at radius 2 is 2.25 bits per heavy atom. The fourth-order valence-corrected chi connectivity index (χ4v) is 0. The number of rotatable bonds is 1. The third-order valence-corrected chi connectivity index (χ3v) is 0.387. The van der Waals surface area contributed by atoms with Gasteiger partial charge < -0.3 is 4.53 Å². The van der Waals surface area contributed by atoms with Gasteiger partial charge in [0.05, 0.1) is 0 Å². The Hall–Kier alpha value is -0.313. The molecule has 4 heavy (non-hydrogen) atoms. The largest absolute Gasteiger partial charge is 0.467 e. The topological polar surface area (TPSA) is 21.6 Å². The summed E-state index contributed by atoms with van der Waals surface area (Å²) in [5, 5.41) is 3.05. The number of oxime groups is 1. The molecule has 0 unspecified atom stereocenters. The highest BCUT2D eigenvalue weighted by Gasteiger charge is 1.35. The van der Waals surface area contributed by atoms with Crippen molar-refractivity contribution in [1.29, 1.82) is 0 Å². The SMILES string of the molecule is C=NO[SiH3]. The molecule has 0 saturated carbocycles. The van der Waals surface area contributed by atoms with Gasteiger partial charge in [0.25, 0.3) is 0 Å². The van der Waals surface area contributed by atoms with Crippen LogP contribution in [0.2, 0.25) is 0 Å². The Morgan fingerprint density at radius 3 is 2.25 bits per heavy atom. The van der Waals surface area contributed by atoms with E-state index in [9.17, 15) is 0 Å². The molecule has 0 rings (SSSR count). The molecule has 0 amide bonds. The lowest BCUT2D eigenvalue weighted by Crippen LogP contribution is -1.60. The first-order chi connectivity index (χ1) is 1.91. The van der Waals surface area contributed by atoms with E-state index in [0.717, 1.165) is 0 Å². The molecule has 2 nitrogen and oxygen atoms in total. The van der Waals surface area contributed by atoms with Crippen molar-refractivity contribution in [2.45, 2.75) is 0 Å². The van der Waals surface area contributed by atoms with Gasteiger partial charge in [-0.3, -0.25) is 0 Å². The highest BCUT2D eigenvalue weighted by Crippen LogP contribution is 1.47. The highest BCUT2D eigenvalue weighted by atomic mass is 28.2. The summed E-state index contributed by atoms with van der Waals surface area (Å²) < 4.78 is 4.19. The molecule has 3 heteroatoms. The molecule has 0 atom stereocenters. The van der Waals surface area contributed by atoms with Gasteiger partial charge >= 0.3 is 0 Å². The van der Waals surface area contributed by atoms with Crippen molar-refractivity contribution < 1.29 is 4.53 Å². The van der Waals surface area contributed by atoms with Crippen molar-refractivity contribution in [2.24, 2.45) is 5.16 Å². The zero-order valence-corrected chi connectivity index (χ0v) is 4.56. The first-order valence-corrected chi connectivity index (χ1v) is 1.72. The summed E-state index contributed by atoms with van der Waals surface area (Å²) in [6, 6.07) is 0. The van der Waals surface area contributed by atoms with Crippen molar-refractivity contribution in [3.8, 4) is 0 Å². The zero-order chi connectivity index (χ0) is 3.41. The average Bonchev–Trinajstić information content (AvgIpc) is 1.37. The van der Waals surface area contributed by atoms with Crippen LogP contribution in [0.25, 0.3) is 0 Å². The molecular formula is CH5NOSi. The van der Waals surface area contributed by atoms with E-state index in [4.69, 9.17) is 0 Å². The lowest BCUT2D eigenvalue weighted by Gasteiger charge is -1.73. The number of hydrogen-bond acceptors (Lipinski definition) is 2. The molecule has 24 valence electrons. The fourth-order valence-electron chi connectivity index (χ4n) is 0. The van der Waals surface area contributed by atoms with Crippen LogP contribution in [-0.4, -0.2) is 17.2 Å². The second kappa shape index (κ2) is 2.69. The maximum absolute atomic E-state index is 4.19. The van der Waals surface area contributed by atoms with Crippen molar-refractivity contribution >= 4 is 17.2 Å². The summed E-state index contributed by atoms with van der Waals surface area (Å²) in [4.78, 5) is 0. The van der Waals surface area contributed by atoms with Crippen LogP contribution in [0.4, 0.5) is 0 Å². The van der Waals surface area contributed by atoms with E-state index in [1.165, 1.54) is 0 Å². The van der Waals surface area contributed by atoms with Gasteiger partial charge in [-0.05, 0) is 0 Å². The van der Waals surface area contributed by atoms with Crippen LogP contribution in [0.3, 0.4) is 0 Å². The molecule has 0 aliphatic rings. The van der Waals surface area contributed by atoms with Crippen molar-refractivity contribution in [2.75, 3.05) is 0 Å². The molecule has 0 radical (unpaired) electrons. The van der Waals surface area contributed by atoms with E-state index >= 15 is 0 Å². The number of hydrogen-bond donors (Lipinski definition) is 0. The van der Waals surface area contributed by atoms with Crippen molar-refractivity contribution in [3.05, 3.63) is 0 Å². The first-order valence-electron chi connectivity index (χ1n) is 0.907. The Kier molecular flexibility index (Phi) is 2.48. The Balaban J connectivity index is 2.30. The molecule has 0 aliphatic heterocycles. The molecule has 0 heterocycles. The normalized spacial score (nSPS) is 6.00. The van der Waals surface area contributed by atoms with Crippen LogP contribution in [0, 0.1) is 0 Å². The van der Waals surface area contributed by atoms with E-state index < -0.39 is 0 Å². The molecule has 0 saturated heterocycles. The highest BCUT2D eigenvalue weighted by molar-refractivity contribution is 5.97. The molecule has 0 bridgehead atoms. The predicted molar refractivity (Wildman–Crippen MR) is 20.6 cm³/mol. The minimum absolute atomic E-state index is 0.660. The van der Waals surface area contributed by atoms with Crippen LogP contribution in [0.15, 0.2) is 5.16 Å². The van der Waals surface area contributed by atoms with Crippen LogP contribution in [0.1, 0.15) is 0 Å². The zero-order valence-electron chi connectivity index (χ0n) is 2.56. The van der Waals surface area contributed by atoms with Crippen molar-refractivity contribution in [3.63, 3.8) is 0 Å². The van der Waals surface area contributed by atoms with E-state index in [1.807, 2.05) is 0 Å². The lowest BCUT2D eigenvalue weighted by atomic mass is 11.8. The van der Waals surface area contributed by atoms with Crippen LogP contribution < -0.4 is 0 Å². The van der Waals surface area contributed by atoms with Crippen molar-refractivity contribution in [1.82, 2.24) is 0 Å². The minimum atomic E-state index is 0.660. The maximum Gasteiger partial charge on any atom is 0.242 e. The third kappa shape index (κ3) is 1.69. The van der Waals surface area contributed by atoms with Gasteiger partial charge in [0, 0.05) is 6.72 Å². The number of nitrogens with zero attached hydrogens (tertiary/aromatic N) is 1. The Labute approximate surface area is 28.0 Å². The maximum atomic E-state index is 4.19. The summed E-state index contributed by atoms with van der Waals surface area (Å²) in [6.07, 6.45) is 0. The molecule has 0 aliphatic carbocycles. The molecule has 0 fully saturated rings. The molecule has 0 spiro atoms. The summed E-state index contributed by atoms with van der Waals surface area (Å²) in [6.45, 7) is 3.04. The lowest BCUT2D eigenvalue weighted by molar-refractivity contribution is 0.383. The quantitative estimate of drug-likeness (QED) is 0.220. The summed E-state index contributed by atoms with van der Waals surface area (Å²) in [5.74, 6) is 0. The van der Waals surface area contributed by atoms with Gasteiger partial charge in [-0.25, -0.2) is 0 Å². The van der Waals surface area contributed by atoms with Gasteiger partial charge in [-0.1, -0.05) is 0 Å². The standard InChI is InChI=1S/CH5NOSi/c1-2-3-4/h1H2,4H3. The van der Waals surface area contributed by atoms with Crippen LogP contribution in [0.5, 0.6) is 0 Å². The van der Waals surface area contributed by atoms with Gasteiger partial charge in [-0.2, -0.15) is 0 Å². The molecule has 0 N–H and O–H groups in total.